The zero-order chi connectivity index (χ0) is 20.1. The van der Waals surface area contributed by atoms with Crippen molar-refractivity contribution in [3.8, 4) is 0 Å². The first kappa shape index (κ1) is 19.3. The Hall–Kier alpha value is -3.51. The molecule has 1 aromatic heterocycles. The van der Waals surface area contributed by atoms with E-state index in [1.165, 1.54) is 19.1 Å². The number of hydrogen-bond donors (Lipinski definition) is 2. The van der Waals surface area contributed by atoms with Crippen molar-refractivity contribution < 1.29 is 14.4 Å². The van der Waals surface area contributed by atoms with Gasteiger partial charge in [-0.15, -0.1) is 0 Å². The first-order valence-corrected chi connectivity index (χ1v) is 8.77. The SMILES string of the molecule is CC(=O)c1ccc(NC(=O)c2cccc(C(=O)Nc3ccccc3Cl)n2)cc1. The first-order chi connectivity index (χ1) is 13.4. The summed E-state index contributed by atoms with van der Waals surface area (Å²) in [4.78, 5) is 40.3. The molecule has 0 fully saturated rings. The molecule has 0 aliphatic rings. The number of Topliss-reactive ketones (excluding diaryl/α,β-unsaturated/α-hetero) is 1. The first-order valence-electron chi connectivity index (χ1n) is 8.39. The smallest absolute Gasteiger partial charge is 0.274 e. The van der Waals surface area contributed by atoms with E-state index in [1.807, 2.05) is 0 Å². The summed E-state index contributed by atoms with van der Waals surface area (Å²) >= 11 is 6.04. The minimum atomic E-state index is -0.478. The molecule has 0 saturated carbocycles. The fraction of sp³-hybridized carbons (Fsp3) is 0.0476. The number of amides is 2. The molecule has 0 radical (unpaired) electrons. The zero-order valence-corrected chi connectivity index (χ0v) is 15.7. The highest BCUT2D eigenvalue weighted by Gasteiger charge is 2.14. The van der Waals surface area contributed by atoms with E-state index in [9.17, 15) is 14.4 Å². The lowest BCUT2D eigenvalue weighted by Crippen LogP contribution is -2.18. The standard InChI is InChI=1S/C21H16ClN3O3/c1-13(26)14-9-11-15(12-10-14)23-20(27)18-7-4-8-19(24-18)21(28)25-17-6-3-2-5-16(17)22/h2-12H,1H3,(H,23,27)(H,25,28). The number of nitrogens with zero attached hydrogens (tertiary/aromatic N) is 1. The van der Waals surface area contributed by atoms with Crippen LogP contribution in [0.1, 0.15) is 38.3 Å². The Morgan fingerprint density at radius 3 is 2.00 bits per heavy atom. The van der Waals surface area contributed by atoms with Crippen LogP contribution in [0, 0.1) is 0 Å². The summed E-state index contributed by atoms with van der Waals surface area (Å²) in [5.74, 6) is -1.01. The fourth-order valence-electron chi connectivity index (χ4n) is 2.42. The minimum absolute atomic E-state index is 0.0585. The van der Waals surface area contributed by atoms with Gasteiger partial charge in [-0.1, -0.05) is 29.8 Å². The maximum Gasteiger partial charge on any atom is 0.274 e. The van der Waals surface area contributed by atoms with Gasteiger partial charge in [0.15, 0.2) is 5.78 Å². The minimum Gasteiger partial charge on any atom is -0.321 e. The van der Waals surface area contributed by atoms with E-state index >= 15 is 0 Å². The van der Waals surface area contributed by atoms with Crippen LogP contribution in [0.5, 0.6) is 0 Å². The van der Waals surface area contributed by atoms with Crippen LogP contribution in [0.2, 0.25) is 5.02 Å². The molecular formula is C21H16ClN3O3. The fourth-order valence-corrected chi connectivity index (χ4v) is 2.60. The molecule has 7 heteroatoms. The zero-order valence-electron chi connectivity index (χ0n) is 14.9. The van der Waals surface area contributed by atoms with Crippen LogP contribution >= 0.6 is 11.6 Å². The molecule has 6 nitrogen and oxygen atoms in total. The van der Waals surface area contributed by atoms with Gasteiger partial charge in [0.05, 0.1) is 10.7 Å². The normalized spacial score (nSPS) is 10.2. The van der Waals surface area contributed by atoms with Gasteiger partial charge in [-0.2, -0.15) is 0 Å². The molecule has 0 atom stereocenters. The van der Waals surface area contributed by atoms with Crippen LogP contribution < -0.4 is 10.6 Å². The molecule has 0 aliphatic heterocycles. The molecule has 0 spiro atoms. The van der Waals surface area contributed by atoms with E-state index in [1.54, 1.807) is 54.6 Å². The van der Waals surface area contributed by atoms with Crippen LogP contribution in [0.15, 0.2) is 66.7 Å². The van der Waals surface area contributed by atoms with Gasteiger partial charge >= 0.3 is 0 Å². The third-order valence-corrected chi connectivity index (χ3v) is 4.22. The second-order valence-electron chi connectivity index (χ2n) is 5.93. The average molecular weight is 394 g/mol. The number of carbonyl (C=O) groups excluding carboxylic acids is 3. The molecule has 140 valence electrons. The summed E-state index contributed by atoms with van der Waals surface area (Å²) in [6.07, 6.45) is 0. The number of carbonyl (C=O) groups is 3. The number of anilines is 2. The van der Waals surface area contributed by atoms with Gasteiger partial charge in [0.25, 0.3) is 11.8 Å². The van der Waals surface area contributed by atoms with Crippen molar-refractivity contribution in [2.45, 2.75) is 6.92 Å². The second-order valence-corrected chi connectivity index (χ2v) is 6.34. The van der Waals surface area contributed by atoms with E-state index in [0.717, 1.165) is 0 Å². The Kier molecular flexibility index (Phi) is 5.81. The molecule has 2 N–H and O–H groups in total. The van der Waals surface area contributed by atoms with Gasteiger partial charge in [-0.3, -0.25) is 14.4 Å². The van der Waals surface area contributed by atoms with Crippen molar-refractivity contribution in [3.05, 3.63) is 88.7 Å². The number of aromatic nitrogens is 1. The summed E-state index contributed by atoms with van der Waals surface area (Å²) in [7, 11) is 0. The average Bonchev–Trinajstić information content (AvgIpc) is 2.70. The third kappa shape index (κ3) is 4.61. The number of halogens is 1. The maximum absolute atomic E-state index is 12.4. The van der Waals surface area contributed by atoms with E-state index in [2.05, 4.69) is 15.6 Å². The highest BCUT2D eigenvalue weighted by Crippen LogP contribution is 2.21. The summed E-state index contributed by atoms with van der Waals surface area (Å²) in [5, 5.41) is 5.75. The molecular weight excluding hydrogens is 378 g/mol. The summed E-state index contributed by atoms with van der Waals surface area (Å²) < 4.78 is 0. The van der Waals surface area contributed by atoms with Crippen molar-refractivity contribution in [2.75, 3.05) is 10.6 Å². The molecule has 2 aromatic carbocycles. The Balaban J connectivity index is 1.73. The van der Waals surface area contributed by atoms with Crippen LogP contribution in [-0.2, 0) is 0 Å². The van der Waals surface area contributed by atoms with Gasteiger partial charge in [-0.25, -0.2) is 4.98 Å². The highest BCUT2D eigenvalue weighted by atomic mass is 35.5. The van der Waals surface area contributed by atoms with E-state index in [-0.39, 0.29) is 17.2 Å². The van der Waals surface area contributed by atoms with Crippen molar-refractivity contribution in [1.82, 2.24) is 4.98 Å². The van der Waals surface area contributed by atoms with Gasteiger partial charge in [-0.05, 0) is 55.5 Å². The topological polar surface area (TPSA) is 88.2 Å². The Morgan fingerprint density at radius 2 is 1.39 bits per heavy atom. The Bertz CT molecular complexity index is 1050. The molecule has 3 rings (SSSR count). The number of para-hydroxylation sites is 1. The van der Waals surface area contributed by atoms with Crippen LogP contribution in [0.3, 0.4) is 0 Å². The second kappa shape index (κ2) is 8.45. The number of rotatable bonds is 5. The predicted octanol–water partition coefficient (Wildman–Crippen LogP) is 4.44. The number of hydrogen-bond acceptors (Lipinski definition) is 4. The lowest BCUT2D eigenvalue weighted by Gasteiger charge is -2.08. The predicted molar refractivity (Wildman–Crippen MR) is 108 cm³/mol. The van der Waals surface area contributed by atoms with E-state index in [0.29, 0.717) is 22.0 Å². The van der Waals surface area contributed by atoms with Crippen molar-refractivity contribution in [2.24, 2.45) is 0 Å². The number of nitrogens with one attached hydrogen (secondary N) is 2. The van der Waals surface area contributed by atoms with Crippen molar-refractivity contribution in [1.29, 1.82) is 0 Å². The maximum atomic E-state index is 12.4. The van der Waals surface area contributed by atoms with Crippen molar-refractivity contribution in [3.63, 3.8) is 0 Å². The number of ketones is 1. The van der Waals surface area contributed by atoms with Gasteiger partial charge in [0.1, 0.15) is 11.4 Å². The van der Waals surface area contributed by atoms with Crippen LogP contribution in [0.25, 0.3) is 0 Å². The monoisotopic (exact) mass is 393 g/mol. The van der Waals surface area contributed by atoms with E-state index < -0.39 is 11.8 Å². The van der Waals surface area contributed by atoms with Crippen LogP contribution in [0.4, 0.5) is 11.4 Å². The number of benzene rings is 2. The highest BCUT2D eigenvalue weighted by molar-refractivity contribution is 6.33. The molecule has 1 heterocycles. The number of pyridine rings is 1. The molecule has 28 heavy (non-hydrogen) atoms. The lowest BCUT2D eigenvalue weighted by molar-refractivity contribution is 0.100. The largest absolute Gasteiger partial charge is 0.321 e. The van der Waals surface area contributed by atoms with Crippen molar-refractivity contribution >= 4 is 40.6 Å². The van der Waals surface area contributed by atoms with Gasteiger partial charge in [0, 0.05) is 11.3 Å². The van der Waals surface area contributed by atoms with Gasteiger partial charge < -0.3 is 10.6 Å². The summed E-state index contributed by atoms with van der Waals surface area (Å²) in [5.41, 5.74) is 1.69. The lowest BCUT2D eigenvalue weighted by atomic mass is 10.1. The summed E-state index contributed by atoms with van der Waals surface area (Å²) in [6, 6.07) is 17.9. The molecule has 0 saturated heterocycles. The Morgan fingerprint density at radius 1 is 0.786 bits per heavy atom. The molecule has 3 aromatic rings. The molecule has 0 unspecified atom stereocenters. The van der Waals surface area contributed by atoms with E-state index in [4.69, 9.17) is 11.6 Å². The quantitative estimate of drug-likeness (QED) is 0.627. The van der Waals surface area contributed by atoms with Gasteiger partial charge in [0.2, 0.25) is 0 Å². The summed E-state index contributed by atoms with van der Waals surface area (Å²) in [6.45, 7) is 1.47. The Labute approximate surface area is 166 Å². The van der Waals surface area contributed by atoms with Crippen LogP contribution in [-0.4, -0.2) is 22.6 Å². The molecule has 0 aliphatic carbocycles. The third-order valence-electron chi connectivity index (χ3n) is 3.89. The molecule has 2 amide bonds. The molecule has 0 bridgehead atoms.